The van der Waals surface area contributed by atoms with E-state index >= 15 is 0 Å². The monoisotopic (exact) mass is 312 g/mol. The highest BCUT2D eigenvalue weighted by Crippen LogP contribution is 2.29. The molecule has 1 rings (SSSR count). The van der Waals surface area contributed by atoms with Crippen LogP contribution in [0.15, 0.2) is 4.99 Å². The minimum atomic E-state index is -0.569. The second kappa shape index (κ2) is 8.00. The zero-order valence-corrected chi connectivity index (χ0v) is 14.4. The van der Waals surface area contributed by atoms with Crippen LogP contribution in [0.2, 0.25) is 0 Å². The number of guanidine groups is 1. The minimum absolute atomic E-state index is 0.147. The van der Waals surface area contributed by atoms with Crippen LogP contribution in [0.3, 0.4) is 0 Å². The van der Waals surface area contributed by atoms with Gasteiger partial charge in [-0.3, -0.25) is 4.90 Å². The van der Waals surface area contributed by atoms with E-state index < -0.39 is 12.1 Å². The van der Waals surface area contributed by atoms with Gasteiger partial charge in [0.2, 0.25) is 5.96 Å². The van der Waals surface area contributed by atoms with Crippen molar-refractivity contribution in [3.63, 3.8) is 0 Å². The Morgan fingerprint density at radius 1 is 1.14 bits per heavy atom. The molecule has 0 aromatic heterocycles. The average molecular weight is 312 g/mol. The number of carbonyl (C=O) groups is 2. The standard InChI is InChI=1S/C15H28N4O3/c1-10-7-8-12(9-11(10)2)16-13(20)17-14(18(3)4)19(5)15(21)22-6/h10-12H,7-9H2,1-6H3,(H,16,20)/b17-14+. The third kappa shape index (κ3) is 4.89. The molecule has 22 heavy (non-hydrogen) atoms. The van der Waals surface area contributed by atoms with Crippen molar-refractivity contribution in [1.82, 2.24) is 15.1 Å². The summed E-state index contributed by atoms with van der Waals surface area (Å²) >= 11 is 0. The highest BCUT2D eigenvalue weighted by Gasteiger charge is 2.26. The van der Waals surface area contributed by atoms with Crippen molar-refractivity contribution in [2.75, 3.05) is 28.3 Å². The molecule has 0 aromatic carbocycles. The molecule has 1 fully saturated rings. The zero-order chi connectivity index (χ0) is 16.9. The van der Waals surface area contributed by atoms with E-state index in [2.05, 4.69) is 28.9 Å². The Morgan fingerprint density at radius 2 is 1.77 bits per heavy atom. The lowest BCUT2D eigenvalue weighted by Gasteiger charge is -2.32. The summed E-state index contributed by atoms with van der Waals surface area (Å²) in [5.74, 6) is 1.52. The van der Waals surface area contributed by atoms with Gasteiger partial charge in [-0.25, -0.2) is 9.59 Å². The van der Waals surface area contributed by atoms with Crippen molar-refractivity contribution in [3.05, 3.63) is 0 Å². The molecule has 126 valence electrons. The Kier molecular flexibility index (Phi) is 6.64. The first-order valence-electron chi connectivity index (χ1n) is 7.64. The first-order chi connectivity index (χ1) is 10.3. The van der Waals surface area contributed by atoms with Crippen LogP contribution in [0, 0.1) is 11.8 Å². The fourth-order valence-corrected chi connectivity index (χ4v) is 2.67. The number of rotatable bonds is 1. The Bertz CT molecular complexity index is 437. The number of ether oxygens (including phenoxy) is 1. The third-order valence-electron chi connectivity index (χ3n) is 4.28. The van der Waals surface area contributed by atoms with Gasteiger partial charge in [-0.2, -0.15) is 4.99 Å². The number of methoxy groups -OCH3 is 1. The lowest BCUT2D eigenvalue weighted by atomic mass is 9.79. The molecule has 7 nitrogen and oxygen atoms in total. The van der Waals surface area contributed by atoms with Gasteiger partial charge >= 0.3 is 12.1 Å². The van der Waals surface area contributed by atoms with Crippen molar-refractivity contribution in [1.29, 1.82) is 0 Å². The maximum atomic E-state index is 12.1. The highest BCUT2D eigenvalue weighted by atomic mass is 16.5. The summed E-state index contributed by atoms with van der Waals surface area (Å²) in [6, 6.07) is -0.277. The van der Waals surface area contributed by atoms with Crippen LogP contribution in [0.4, 0.5) is 9.59 Å². The summed E-state index contributed by atoms with van der Waals surface area (Å²) in [6.45, 7) is 4.46. The van der Waals surface area contributed by atoms with Crippen molar-refractivity contribution in [2.24, 2.45) is 16.8 Å². The predicted molar refractivity (Wildman–Crippen MR) is 85.8 cm³/mol. The van der Waals surface area contributed by atoms with Gasteiger partial charge in [0.25, 0.3) is 0 Å². The second-order valence-corrected chi connectivity index (χ2v) is 6.25. The lowest BCUT2D eigenvalue weighted by Crippen LogP contribution is -2.44. The highest BCUT2D eigenvalue weighted by molar-refractivity contribution is 5.99. The number of hydrogen-bond acceptors (Lipinski definition) is 3. The van der Waals surface area contributed by atoms with Gasteiger partial charge in [0, 0.05) is 27.2 Å². The molecule has 0 bridgehead atoms. The topological polar surface area (TPSA) is 74.2 Å². The molecular formula is C15H28N4O3. The first-order valence-corrected chi connectivity index (χ1v) is 7.64. The van der Waals surface area contributed by atoms with E-state index in [1.54, 1.807) is 19.0 Å². The van der Waals surface area contributed by atoms with Crippen LogP contribution >= 0.6 is 0 Å². The summed E-state index contributed by atoms with van der Waals surface area (Å²) in [6.07, 6.45) is 2.47. The summed E-state index contributed by atoms with van der Waals surface area (Å²) in [4.78, 5) is 30.5. The molecule has 0 aliphatic heterocycles. The van der Waals surface area contributed by atoms with Crippen molar-refractivity contribution >= 4 is 18.1 Å². The molecular weight excluding hydrogens is 284 g/mol. The Hall–Kier alpha value is -1.79. The number of hydrogen-bond donors (Lipinski definition) is 1. The molecule has 0 radical (unpaired) electrons. The van der Waals surface area contributed by atoms with Crippen molar-refractivity contribution in [3.8, 4) is 0 Å². The van der Waals surface area contributed by atoms with Gasteiger partial charge in [0.1, 0.15) is 0 Å². The van der Waals surface area contributed by atoms with Crippen molar-refractivity contribution < 1.29 is 14.3 Å². The molecule has 1 aliphatic rings. The van der Waals surface area contributed by atoms with Crippen LogP contribution in [0.1, 0.15) is 33.1 Å². The van der Waals surface area contributed by atoms with Crippen LogP contribution < -0.4 is 5.32 Å². The molecule has 1 N–H and O–H groups in total. The summed E-state index contributed by atoms with van der Waals surface area (Å²) in [5, 5.41) is 2.94. The van der Waals surface area contributed by atoms with E-state index in [1.807, 2.05) is 0 Å². The molecule has 0 saturated heterocycles. The maximum absolute atomic E-state index is 12.1. The molecule has 0 spiro atoms. The van der Waals surface area contributed by atoms with E-state index in [9.17, 15) is 9.59 Å². The number of urea groups is 1. The van der Waals surface area contributed by atoms with Crippen LogP contribution in [-0.2, 0) is 4.74 Å². The smallest absolute Gasteiger partial charge is 0.416 e. The van der Waals surface area contributed by atoms with Gasteiger partial charge in [-0.1, -0.05) is 13.8 Å². The SMILES string of the molecule is COC(=O)N(C)/C(=N/C(=O)NC1CCC(C)C(C)C1)N(C)C. The molecule has 1 aliphatic carbocycles. The fraction of sp³-hybridized carbons (Fsp3) is 0.800. The Labute approximate surface area is 132 Å². The van der Waals surface area contributed by atoms with Gasteiger partial charge in [-0.05, 0) is 31.1 Å². The van der Waals surface area contributed by atoms with E-state index in [4.69, 9.17) is 0 Å². The fourth-order valence-electron chi connectivity index (χ4n) is 2.67. The first kappa shape index (κ1) is 18.3. The number of nitrogens with one attached hydrogen (secondary N) is 1. The lowest BCUT2D eigenvalue weighted by molar-refractivity contribution is 0.149. The molecule has 3 unspecified atom stereocenters. The van der Waals surface area contributed by atoms with Crippen molar-refractivity contribution in [2.45, 2.75) is 39.2 Å². The summed E-state index contributed by atoms with van der Waals surface area (Å²) < 4.78 is 4.65. The molecule has 3 amide bonds. The number of nitrogens with zero attached hydrogens (tertiary/aromatic N) is 3. The third-order valence-corrected chi connectivity index (χ3v) is 4.28. The van der Waals surface area contributed by atoms with Gasteiger partial charge in [-0.15, -0.1) is 0 Å². The van der Waals surface area contributed by atoms with Crippen LogP contribution in [0.25, 0.3) is 0 Å². The quantitative estimate of drug-likeness (QED) is 0.594. The second-order valence-electron chi connectivity index (χ2n) is 6.25. The van der Waals surface area contributed by atoms with Crippen LogP contribution in [0.5, 0.6) is 0 Å². The van der Waals surface area contributed by atoms with Gasteiger partial charge in [0.15, 0.2) is 0 Å². The predicted octanol–water partition coefficient (Wildman–Crippen LogP) is 2.14. The van der Waals surface area contributed by atoms with E-state index in [0.29, 0.717) is 11.8 Å². The van der Waals surface area contributed by atoms with E-state index in [-0.39, 0.29) is 12.0 Å². The summed E-state index contributed by atoms with van der Waals surface area (Å²) in [5.41, 5.74) is 0. The molecule has 1 saturated carbocycles. The van der Waals surface area contributed by atoms with E-state index in [1.165, 1.54) is 19.1 Å². The largest absolute Gasteiger partial charge is 0.452 e. The normalized spacial score (nSPS) is 25.4. The minimum Gasteiger partial charge on any atom is -0.452 e. The molecule has 3 atom stereocenters. The molecule has 7 heteroatoms. The average Bonchev–Trinajstić information content (AvgIpc) is 2.46. The van der Waals surface area contributed by atoms with Gasteiger partial charge < -0.3 is 15.0 Å². The maximum Gasteiger partial charge on any atom is 0.416 e. The van der Waals surface area contributed by atoms with Crippen LogP contribution in [-0.4, -0.2) is 62.2 Å². The summed E-state index contributed by atoms with van der Waals surface area (Å²) in [7, 11) is 6.24. The van der Waals surface area contributed by atoms with E-state index in [0.717, 1.165) is 19.3 Å². The van der Waals surface area contributed by atoms with Gasteiger partial charge in [0.05, 0.1) is 7.11 Å². The number of carbonyl (C=O) groups excluding carboxylic acids is 2. The zero-order valence-electron chi connectivity index (χ0n) is 14.4. The molecule has 0 aromatic rings. The number of aliphatic imine (C=N–C) groups is 1. The molecule has 0 heterocycles. The number of amides is 3. The Morgan fingerprint density at radius 3 is 2.27 bits per heavy atom. The Balaban J connectivity index is 2.71.